The van der Waals surface area contributed by atoms with Crippen LogP contribution >= 0.6 is 0 Å². The van der Waals surface area contributed by atoms with Crippen molar-refractivity contribution < 1.29 is 4.74 Å². The fraction of sp³-hybridized carbons (Fsp3) is 0.643. The maximum Gasteiger partial charge on any atom is 0.141 e. The molecule has 0 radical (unpaired) electrons. The van der Waals surface area contributed by atoms with E-state index in [4.69, 9.17) is 10.5 Å². The lowest BCUT2D eigenvalue weighted by Gasteiger charge is -2.20. The summed E-state index contributed by atoms with van der Waals surface area (Å²) in [5.41, 5.74) is 7.26. The molecule has 94 valence electrons. The summed E-state index contributed by atoms with van der Waals surface area (Å²) in [6.07, 6.45) is 6.83. The second-order valence-electron chi connectivity index (χ2n) is 4.96. The summed E-state index contributed by atoms with van der Waals surface area (Å²) >= 11 is 0. The van der Waals surface area contributed by atoms with Crippen LogP contribution in [0.2, 0.25) is 0 Å². The number of methoxy groups -OCH3 is 1. The minimum absolute atomic E-state index is 0.0164. The van der Waals surface area contributed by atoms with Crippen molar-refractivity contribution in [1.29, 1.82) is 0 Å². The van der Waals surface area contributed by atoms with Crippen LogP contribution in [-0.2, 0) is 0 Å². The van der Waals surface area contributed by atoms with Crippen LogP contribution in [0.25, 0.3) is 0 Å². The van der Waals surface area contributed by atoms with Crippen molar-refractivity contribution >= 4 is 0 Å². The molecule has 3 heteroatoms. The molecule has 1 aromatic heterocycles. The largest absolute Gasteiger partial charge is 0.495 e. The molecule has 1 aromatic rings. The van der Waals surface area contributed by atoms with Crippen LogP contribution in [0.1, 0.15) is 44.3 Å². The number of aromatic nitrogens is 1. The monoisotopic (exact) mass is 234 g/mol. The maximum atomic E-state index is 6.35. The molecule has 0 aromatic carbocycles. The lowest BCUT2D eigenvalue weighted by Crippen LogP contribution is -2.21. The fourth-order valence-corrected chi connectivity index (χ4v) is 2.86. The van der Waals surface area contributed by atoms with Gasteiger partial charge in [-0.05, 0) is 36.8 Å². The van der Waals surface area contributed by atoms with Crippen molar-refractivity contribution in [2.24, 2.45) is 17.6 Å². The van der Waals surface area contributed by atoms with Gasteiger partial charge in [-0.2, -0.15) is 0 Å². The van der Waals surface area contributed by atoms with Crippen LogP contribution in [0.15, 0.2) is 18.3 Å². The summed E-state index contributed by atoms with van der Waals surface area (Å²) in [5.74, 6) is 2.23. The van der Waals surface area contributed by atoms with Gasteiger partial charge in [0.05, 0.1) is 18.8 Å². The van der Waals surface area contributed by atoms with Gasteiger partial charge in [0.25, 0.3) is 0 Å². The van der Waals surface area contributed by atoms with E-state index < -0.39 is 0 Å². The van der Waals surface area contributed by atoms with E-state index in [2.05, 4.69) is 11.9 Å². The minimum Gasteiger partial charge on any atom is -0.495 e. The predicted octanol–water partition coefficient (Wildman–Crippen LogP) is 2.92. The molecule has 1 aliphatic carbocycles. The van der Waals surface area contributed by atoms with Crippen LogP contribution < -0.4 is 10.5 Å². The number of nitrogens with two attached hydrogens (primary N) is 1. The molecule has 0 amide bonds. The van der Waals surface area contributed by atoms with E-state index in [-0.39, 0.29) is 6.04 Å². The zero-order valence-electron chi connectivity index (χ0n) is 10.7. The van der Waals surface area contributed by atoms with Gasteiger partial charge in [-0.25, -0.2) is 0 Å². The quantitative estimate of drug-likeness (QED) is 0.871. The Bertz CT molecular complexity index is 367. The number of nitrogens with zero attached hydrogens (tertiary/aromatic N) is 1. The van der Waals surface area contributed by atoms with Crippen LogP contribution in [0.5, 0.6) is 5.75 Å². The van der Waals surface area contributed by atoms with Crippen molar-refractivity contribution in [1.82, 2.24) is 4.98 Å². The van der Waals surface area contributed by atoms with E-state index in [1.54, 1.807) is 13.3 Å². The first-order valence-electron chi connectivity index (χ1n) is 6.50. The number of hydrogen-bond acceptors (Lipinski definition) is 3. The summed E-state index contributed by atoms with van der Waals surface area (Å²) in [7, 11) is 1.68. The topological polar surface area (TPSA) is 48.1 Å². The SMILES string of the molecule is CCC1CCC(C(N)c2ncccc2OC)C1. The third kappa shape index (κ3) is 2.60. The summed E-state index contributed by atoms with van der Waals surface area (Å²) in [6, 6.07) is 3.84. The smallest absolute Gasteiger partial charge is 0.141 e. The first kappa shape index (κ1) is 12.4. The molecule has 0 bridgehead atoms. The lowest BCUT2D eigenvalue weighted by molar-refractivity contribution is 0.371. The first-order chi connectivity index (χ1) is 8.26. The second-order valence-corrected chi connectivity index (χ2v) is 4.96. The molecular formula is C14H22N2O. The Labute approximate surface area is 103 Å². The summed E-state index contributed by atoms with van der Waals surface area (Å²) < 4.78 is 5.34. The van der Waals surface area contributed by atoms with Gasteiger partial charge < -0.3 is 10.5 Å². The van der Waals surface area contributed by atoms with Crippen molar-refractivity contribution in [2.45, 2.75) is 38.6 Å². The molecular weight excluding hydrogens is 212 g/mol. The molecule has 0 spiro atoms. The molecule has 3 atom stereocenters. The van der Waals surface area contributed by atoms with Crippen LogP contribution in [0, 0.1) is 11.8 Å². The van der Waals surface area contributed by atoms with Gasteiger partial charge in [0, 0.05) is 6.20 Å². The van der Waals surface area contributed by atoms with E-state index in [1.807, 2.05) is 12.1 Å². The summed E-state index contributed by atoms with van der Waals surface area (Å²) in [6.45, 7) is 2.26. The number of hydrogen-bond donors (Lipinski definition) is 1. The molecule has 2 N–H and O–H groups in total. The second kappa shape index (κ2) is 5.50. The Balaban J connectivity index is 2.11. The Morgan fingerprint density at radius 3 is 3.00 bits per heavy atom. The normalized spacial score (nSPS) is 25.8. The predicted molar refractivity (Wildman–Crippen MR) is 68.8 cm³/mol. The zero-order chi connectivity index (χ0) is 12.3. The van der Waals surface area contributed by atoms with E-state index in [1.165, 1.54) is 25.7 Å². The van der Waals surface area contributed by atoms with Crippen LogP contribution in [0.4, 0.5) is 0 Å². The Kier molecular flexibility index (Phi) is 4.00. The van der Waals surface area contributed by atoms with Crippen LogP contribution in [0.3, 0.4) is 0 Å². The molecule has 1 heterocycles. The lowest BCUT2D eigenvalue weighted by atomic mass is 9.93. The maximum absolute atomic E-state index is 6.35. The molecule has 3 nitrogen and oxygen atoms in total. The highest BCUT2D eigenvalue weighted by molar-refractivity contribution is 5.29. The van der Waals surface area contributed by atoms with E-state index in [0.29, 0.717) is 5.92 Å². The summed E-state index contributed by atoms with van der Waals surface area (Å²) in [4.78, 5) is 4.39. The third-order valence-electron chi connectivity index (χ3n) is 4.00. The average molecular weight is 234 g/mol. The molecule has 3 unspecified atom stereocenters. The minimum atomic E-state index is 0.0164. The highest BCUT2D eigenvalue weighted by atomic mass is 16.5. The first-order valence-corrected chi connectivity index (χ1v) is 6.50. The molecule has 0 saturated heterocycles. The summed E-state index contributed by atoms with van der Waals surface area (Å²) in [5, 5.41) is 0. The van der Waals surface area contributed by atoms with Crippen LogP contribution in [-0.4, -0.2) is 12.1 Å². The third-order valence-corrected chi connectivity index (χ3v) is 4.00. The average Bonchev–Trinajstić information content (AvgIpc) is 2.86. The van der Waals surface area contributed by atoms with Gasteiger partial charge in [-0.3, -0.25) is 4.98 Å². The van der Waals surface area contributed by atoms with E-state index in [9.17, 15) is 0 Å². The molecule has 1 saturated carbocycles. The van der Waals surface area contributed by atoms with Crippen molar-refractivity contribution in [2.75, 3.05) is 7.11 Å². The number of pyridine rings is 1. The molecule has 17 heavy (non-hydrogen) atoms. The van der Waals surface area contributed by atoms with Crippen molar-refractivity contribution in [3.63, 3.8) is 0 Å². The van der Waals surface area contributed by atoms with Gasteiger partial charge in [0.15, 0.2) is 0 Å². The molecule has 2 rings (SSSR count). The Morgan fingerprint density at radius 1 is 1.53 bits per heavy atom. The number of rotatable bonds is 4. The molecule has 0 aliphatic heterocycles. The highest BCUT2D eigenvalue weighted by Gasteiger charge is 2.30. The van der Waals surface area contributed by atoms with E-state index in [0.717, 1.165) is 17.4 Å². The Morgan fingerprint density at radius 2 is 2.35 bits per heavy atom. The van der Waals surface area contributed by atoms with Gasteiger partial charge in [0.2, 0.25) is 0 Å². The standard InChI is InChI=1S/C14H22N2O/c1-3-10-6-7-11(9-10)13(15)14-12(17-2)5-4-8-16-14/h4-5,8,10-11,13H,3,6-7,9,15H2,1-2H3. The van der Waals surface area contributed by atoms with Crippen molar-refractivity contribution in [3.05, 3.63) is 24.0 Å². The highest BCUT2D eigenvalue weighted by Crippen LogP contribution is 2.40. The number of ether oxygens (including phenoxy) is 1. The van der Waals surface area contributed by atoms with Gasteiger partial charge >= 0.3 is 0 Å². The van der Waals surface area contributed by atoms with Gasteiger partial charge in [0.1, 0.15) is 5.75 Å². The fourth-order valence-electron chi connectivity index (χ4n) is 2.86. The van der Waals surface area contributed by atoms with Gasteiger partial charge in [-0.1, -0.05) is 19.8 Å². The van der Waals surface area contributed by atoms with Crippen molar-refractivity contribution in [3.8, 4) is 5.75 Å². The van der Waals surface area contributed by atoms with E-state index >= 15 is 0 Å². The zero-order valence-corrected chi connectivity index (χ0v) is 10.7. The van der Waals surface area contributed by atoms with Gasteiger partial charge in [-0.15, -0.1) is 0 Å². The molecule has 1 fully saturated rings. The molecule has 1 aliphatic rings. The Hall–Kier alpha value is -1.09.